The number of benzene rings is 1. The topological polar surface area (TPSA) is 58.4 Å². The van der Waals surface area contributed by atoms with Crippen molar-refractivity contribution in [2.75, 3.05) is 20.8 Å². The molecule has 106 valence electrons. The Kier molecular flexibility index (Phi) is 4.42. The molecule has 0 radical (unpaired) electrons. The first-order chi connectivity index (χ1) is 9.50. The number of hydrogen-bond acceptors (Lipinski definition) is 4. The van der Waals surface area contributed by atoms with Crippen molar-refractivity contribution >= 4 is 17.5 Å². The van der Waals surface area contributed by atoms with Gasteiger partial charge in [-0.2, -0.15) is 0 Å². The molecule has 1 aromatic heterocycles. The highest BCUT2D eigenvalue weighted by Crippen LogP contribution is 2.30. The molecular weight excluding hydrogens is 278 g/mol. The molecule has 0 spiro atoms. The van der Waals surface area contributed by atoms with E-state index < -0.39 is 0 Å². The molecule has 1 N–H and O–H groups in total. The van der Waals surface area contributed by atoms with E-state index in [4.69, 9.17) is 16.1 Å². The number of rotatable bonds is 4. The van der Waals surface area contributed by atoms with Crippen LogP contribution < -0.4 is 5.32 Å². The Hall–Kier alpha value is -1.85. The van der Waals surface area contributed by atoms with Gasteiger partial charge in [0.2, 0.25) is 0 Å². The smallest absolute Gasteiger partial charge is 0.258 e. The molecule has 0 aliphatic heterocycles. The van der Waals surface area contributed by atoms with Crippen molar-refractivity contribution in [2.45, 2.75) is 6.92 Å². The van der Waals surface area contributed by atoms with Crippen molar-refractivity contribution in [1.29, 1.82) is 0 Å². The van der Waals surface area contributed by atoms with E-state index in [0.29, 0.717) is 34.3 Å². The number of aromatic nitrogens is 1. The molecule has 5 nitrogen and oxygen atoms in total. The molecule has 0 saturated carbocycles. The minimum absolute atomic E-state index is 0.229. The van der Waals surface area contributed by atoms with Gasteiger partial charge in [0.1, 0.15) is 17.0 Å². The molecule has 1 aromatic carbocycles. The summed E-state index contributed by atoms with van der Waals surface area (Å²) in [7, 11) is 3.74. The van der Waals surface area contributed by atoms with Gasteiger partial charge in [-0.15, -0.1) is 0 Å². The number of halogens is 1. The van der Waals surface area contributed by atoms with Crippen molar-refractivity contribution < 1.29 is 9.32 Å². The van der Waals surface area contributed by atoms with E-state index in [2.05, 4.69) is 10.5 Å². The third-order valence-corrected chi connectivity index (χ3v) is 3.10. The van der Waals surface area contributed by atoms with Crippen molar-refractivity contribution in [2.24, 2.45) is 0 Å². The van der Waals surface area contributed by atoms with Crippen LogP contribution >= 0.6 is 11.6 Å². The maximum absolute atomic E-state index is 12.3. The predicted molar refractivity (Wildman–Crippen MR) is 77.7 cm³/mol. The van der Waals surface area contributed by atoms with Gasteiger partial charge in [0.05, 0.1) is 11.7 Å². The Morgan fingerprint density at radius 1 is 1.40 bits per heavy atom. The SMILES string of the molecule is Cc1onc(-c2ccccc2Cl)c1C(=O)NCN(C)C. The molecular formula is C14H16ClN3O2. The monoisotopic (exact) mass is 293 g/mol. The van der Waals surface area contributed by atoms with E-state index in [-0.39, 0.29) is 5.91 Å². The van der Waals surface area contributed by atoms with Crippen molar-refractivity contribution in [1.82, 2.24) is 15.4 Å². The van der Waals surface area contributed by atoms with E-state index in [1.54, 1.807) is 13.0 Å². The van der Waals surface area contributed by atoms with Crippen molar-refractivity contribution in [3.63, 3.8) is 0 Å². The molecule has 2 rings (SSSR count). The summed E-state index contributed by atoms with van der Waals surface area (Å²) < 4.78 is 5.15. The third-order valence-electron chi connectivity index (χ3n) is 2.77. The van der Waals surface area contributed by atoms with Crippen LogP contribution in [0.4, 0.5) is 0 Å². The van der Waals surface area contributed by atoms with Gasteiger partial charge in [-0.1, -0.05) is 35.0 Å². The molecule has 0 fully saturated rings. The maximum atomic E-state index is 12.3. The highest BCUT2D eigenvalue weighted by atomic mass is 35.5. The highest BCUT2D eigenvalue weighted by molar-refractivity contribution is 6.33. The van der Waals surface area contributed by atoms with Crippen LogP contribution in [-0.4, -0.2) is 36.7 Å². The first kappa shape index (κ1) is 14.6. The molecule has 0 bridgehead atoms. The van der Waals surface area contributed by atoms with E-state index in [0.717, 1.165) is 0 Å². The van der Waals surface area contributed by atoms with Crippen LogP contribution in [0.3, 0.4) is 0 Å². The normalized spacial score (nSPS) is 10.8. The molecule has 6 heteroatoms. The number of nitrogens with one attached hydrogen (secondary N) is 1. The van der Waals surface area contributed by atoms with Gasteiger partial charge < -0.3 is 9.84 Å². The molecule has 20 heavy (non-hydrogen) atoms. The van der Waals surface area contributed by atoms with Crippen LogP contribution in [0.15, 0.2) is 28.8 Å². The lowest BCUT2D eigenvalue weighted by atomic mass is 10.1. The largest absolute Gasteiger partial charge is 0.360 e. The summed E-state index contributed by atoms with van der Waals surface area (Å²) in [4.78, 5) is 14.1. The average Bonchev–Trinajstić information content (AvgIpc) is 2.78. The summed E-state index contributed by atoms with van der Waals surface area (Å²) in [6, 6.07) is 7.22. The lowest BCUT2D eigenvalue weighted by Gasteiger charge is -2.11. The van der Waals surface area contributed by atoms with Crippen LogP contribution in [0.5, 0.6) is 0 Å². The number of amides is 1. The minimum Gasteiger partial charge on any atom is -0.360 e. The van der Waals surface area contributed by atoms with E-state index in [9.17, 15) is 4.79 Å². The summed E-state index contributed by atoms with van der Waals surface area (Å²) in [5, 5.41) is 7.29. The third kappa shape index (κ3) is 3.00. The van der Waals surface area contributed by atoms with Gasteiger partial charge in [0, 0.05) is 5.56 Å². The number of carbonyl (C=O) groups excluding carboxylic acids is 1. The summed E-state index contributed by atoms with van der Waals surface area (Å²) in [6.07, 6.45) is 0. The predicted octanol–water partition coefficient (Wildman–Crippen LogP) is 2.55. The molecule has 0 aliphatic rings. The van der Waals surface area contributed by atoms with Crippen molar-refractivity contribution in [3.05, 3.63) is 40.6 Å². The van der Waals surface area contributed by atoms with Crippen LogP contribution in [0.2, 0.25) is 5.02 Å². The zero-order valence-electron chi connectivity index (χ0n) is 11.6. The van der Waals surface area contributed by atoms with E-state index >= 15 is 0 Å². The summed E-state index contributed by atoms with van der Waals surface area (Å²) in [6.45, 7) is 2.14. The molecule has 0 unspecified atom stereocenters. The molecule has 0 aliphatic carbocycles. The first-order valence-electron chi connectivity index (χ1n) is 6.14. The number of aryl methyl sites for hydroxylation is 1. The van der Waals surface area contributed by atoms with Gasteiger partial charge in [-0.25, -0.2) is 0 Å². The maximum Gasteiger partial charge on any atom is 0.258 e. The van der Waals surface area contributed by atoms with Gasteiger partial charge in [-0.3, -0.25) is 9.69 Å². The van der Waals surface area contributed by atoms with Crippen LogP contribution in [-0.2, 0) is 0 Å². The summed E-state index contributed by atoms with van der Waals surface area (Å²) >= 11 is 6.15. The fraction of sp³-hybridized carbons (Fsp3) is 0.286. The molecule has 0 saturated heterocycles. The highest BCUT2D eigenvalue weighted by Gasteiger charge is 2.22. The number of hydrogen-bond donors (Lipinski definition) is 1. The Bertz CT molecular complexity index is 623. The Morgan fingerprint density at radius 2 is 2.10 bits per heavy atom. The molecule has 0 atom stereocenters. The average molecular weight is 294 g/mol. The Balaban J connectivity index is 2.38. The van der Waals surface area contributed by atoms with E-state index in [1.165, 1.54) is 0 Å². The second kappa shape index (κ2) is 6.07. The van der Waals surface area contributed by atoms with Crippen LogP contribution in [0.25, 0.3) is 11.3 Å². The zero-order valence-corrected chi connectivity index (χ0v) is 12.4. The number of nitrogens with zero attached hydrogens (tertiary/aromatic N) is 2. The second-order valence-corrected chi connectivity index (χ2v) is 5.09. The first-order valence-corrected chi connectivity index (χ1v) is 6.52. The second-order valence-electron chi connectivity index (χ2n) is 4.69. The quantitative estimate of drug-likeness (QED) is 0.880. The molecule has 1 heterocycles. The van der Waals surface area contributed by atoms with Crippen LogP contribution in [0, 0.1) is 6.92 Å². The molecule has 1 amide bonds. The minimum atomic E-state index is -0.229. The Labute approximate surface area is 122 Å². The van der Waals surface area contributed by atoms with Crippen LogP contribution in [0.1, 0.15) is 16.1 Å². The fourth-order valence-corrected chi connectivity index (χ4v) is 2.02. The van der Waals surface area contributed by atoms with Crippen molar-refractivity contribution in [3.8, 4) is 11.3 Å². The van der Waals surface area contributed by atoms with Gasteiger partial charge in [0.25, 0.3) is 5.91 Å². The lowest BCUT2D eigenvalue weighted by molar-refractivity contribution is 0.0934. The summed E-state index contributed by atoms with van der Waals surface area (Å²) in [5.74, 6) is 0.239. The fourth-order valence-electron chi connectivity index (χ4n) is 1.79. The van der Waals surface area contributed by atoms with Gasteiger partial charge in [0.15, 0.2) is 0 Å². The molecule has 2 aromatic rings. The number of carbonyl (C=O) groups is 1. The standard InChI is InChI=1S/C14H16ClN3O2/c1-9-12(14(19)16-8-18(2)3)13(17-20-9)10-6-4-5-7-11(10)15/h4-7H,8H2,1-3H3,(H,16,19). The van der Waals surface area contributed by atoms with Gasteiger partial charge in [-0.05, 0) is 27.1 Å². The summed E-state index contributed by atoms with van der Waals surface area (Å²) in [5.41, 5.74) is 1.56. The zero-order chi connectivity index (χ0) is 14.7. The lowest BCUT2D eigenvalue weighted by Crippen LogP contribution is -2.33. The Morgan fingerprint density at radius 3 is 2.75 bits per heavy atom. The van der Waals surface area contributed by atoms with Gasteiger partial charge >= 0.3 is 0 Å². The van der Waals surface area contributed by atoms with E-state index in [1.807, 2.05) is 37.2 Å².